The van der Waals surface area contributed by atoms with Crippen molar-refractivity contribution in [2.24, 2.45) is 0 Å². The van der Waals surface area contributed by atoms with Crippen LogP contribution in [0.3, 0.4) is 0 Å². The van der Waals surface area contributed by atoms with E-state index in [1.807, 2.05) is 24.3 Å². The molecule has 1 aromatic rings. The Morgan fingerprint density at radius 2 is 2.30 bits per heavy atom. The van der Waals surface area contributed by atoms with E-state index in [4.69, 9.17) is 4.74 Å². The number of carbonyl (C=O) groups is 1. The number of hydrogen-bond donors (Lipinski definition) is 2. The number of amides is 1. The highest BCUT2D eigenvalue weighted by molar-refractivity contribution is 5.76. The van der Waals surface area contributed by atoms with Gasteiger partial charge in [0.1, 0.15) is 0 Å². The van der Waals surface area contributed by atoms with E-state index in [0.29, 0.717) is 32.5 Å². The molecule has 1 aliphatic carbocycles. The van der Waals surface area contributed by atoms with Crippen LogP contribution in [0.25, 0.3) is 0 Å². The Kier molecular flexibility index (Phi) is 5.32. The fourth-order valence-corrected chi connectivity index (χ4v) is 2.49. The van der Waals surface area contributed by atoms with Crippen molar-refractivity contribution < 1.29 is 14.6 Å². The molecule has 0 saturated carbocycles. The molecular weight excluding hydrogens is 254 g/mol. The molecule has 4 nitrogen and oxygen atoms in total. The van der Waals surface area contributed by atoms with Crippen LogP contribution in [0, 0.1) is 0 Å². The Hall–Kier alpha value is -1.65. The van der Waals surface area contributed by atoms with Crippen LogP contribution in [0.5, 0.6) is 0 Å². The lowest BCUT2D eigenvalue weighted by Gasteiger charge is -2.18. The molecule has 20 heavy (non-hydrogen) atoms. The molecule has 2 atom stereocenters. The predicted molar refractivity (Wildman–Crippen MR) is 77.3 cm³/mol. The van der Waals surface area contributed by atoms with Gasteiger partial charge in [-0.15, -0.1) is 6.58 Å². The second kappa shape index (κ2) is 7.22. The first-order valence-corrected chi connectivity index (χ1v) is 6.96. The Labute approximate surface area is 119 Å². The molecule has 1 aromatic carbocycles. The maximum atomic E-state index is 11.9. The molecule has 0 saturated heterocycles. The number of carbonyl (C=O) groups excluding carboxylic acids is 1. The molecule has 1 aliphatic rings. The molecule has 4 heteroatoms. The van der Waals surface area contributed by atoms with Crippen LogP contribution < -0.4 is 5.32 Å². The van der Waals surface area contributed by atoms with E-state index in [0.717, 1.165) is 11.1 Å². The van der Waals surface area contributed by atoms with Gasteiger partial charge in [-0.05, 0) is 17.5 Å². The Balaban J connectivity index is 1.81. The van der Waals surface area contributed by atoms with Crippen molar-refractivity contribution in [3.63, 3.8) is 0 Å². The molecule has 0 spiro atoms. The number of nitrogens with one attached hydrogen (secondary N) is 1. The number of aliphatic hydroxyl groups is 1. The minimum absolute atomic E-state index is 0.0482. The summed E-state index contributed by atoms with van der Waals surface area (Å²) in [7, 11) is 0. The first-order valence-electron chi connectivity index (χ1n) is 6.96. The average molecular weight is 275 g/mol. The maximum Gasteiger partial charge on any atom is 0.220 e. The van der Waals surface area contributed by atoms with Crippen molar-refractivity contribution in [3.05, 3.63) is 48.0 Å². The van der Waals surface area contributed by atoms with Crippen molar-refractivity contribution >= 4 is 5.91 Å². The van der Waals surface area contributed by atoms with Crippen molar-refractivity contribution in [3.8, 4) is 0 Å². The lowest BCUT2D eigenvalue weighted by atomic mass is 10.1. The Bertz CT molecular complexity index is 473. The molecule has 108 valence electrons. The highest BCUT2D eigenvalue weighted by Crippen LogP contribution is 2.31. The van der Waals surface area contributed by atoms with Gasteiger partial charge < -0.3 is 15.2 Å². The molecule has 0 aromatic heterocycles. The van der Waals surface area contributed by atoms with Crippen LogP contribution in [-0.4, -0.2) is 30.3 Å². The van der Waals surface area contributed by atoms with Gasteiger partial charge in [-0.25, -0.2) is 0 Å². The third-order valence-electron chi connectivity index (χ3n) is 3.45. The summed E-state index contributed by atoms with van der Waals surface area (Å²) in [4.78, 5) is 11.9. The minimum atomic E-state index is -0.534. The highest BCUT2D eigenvalue weighted by atomic mass is 16.5. The first-order chi connectivity index (χ1) is 9.72. The summed E-state index contributed by atoms with van der Waals surface area (Å²) in [6, 6.07) is 7.55. The van der Waals surface area contributed by atoms with Crippen molar-refractivity contribution in [2.75, 3.05) is 13.2 Å². The van der Waals surface area contributed by atoms with Gasteiger partial charge in [0.25, 0.3) is 0 Å². The van der Waals surface area contributed by atoms with E-state index in [-0.39, 0.29) is 11.9 Å². The largest absolute Gasteiger partial charge is 0.390 e. The van der Waals surface area contributed by atoms with E-state index in [2.05, 4.69) is 11.9 Å². The zero-order valence-corrected chi connectivity index (χ0v) is 11.5. The van der Waals surface area contributed by atoms with Crippen LogP contribution in [0.1, 0.15) is 30.0 Å². The Morgan fingerprint density at radius 3 is 3.10 bits per heavy atom. The van der Waals surface area contributed by atoms with Crippen LogP contribution >= 0.6 is 0 Å². The molecule has 0 heterocycles. The molecular formula is C16H21NO3. The number of benzene rings is 1. The van der Waals surface area contributed by atoms with E-state index in [1.54, 1.807) is 6.08 Å². The summed E-state index contributed by atoms with van der Waals surface area (Å²) in [5.41, 5.74) is 2.14. The zero-order valence-electron chi connectivity index (χ0n) is 11.5. The molecule has 2 rings (SSSR count). The lowest BCUT2D eigenvalue weighted by molar-refractivity contribution is -0.122. The number of ether oxygens (including phenoxy) is 1. The van der Waals surface area contributed by atoms with Gasteiger partial charge in [0.05, 0.1) is 18.8 Å². The van der Waals surface area contributed by atoms with E-state index in [1.165, 1.54) is 0 Å². The van der Waals surface area contributed by atoms with Crippen LogP contribution in [0.2, 0.25) is 0 Å². The van der Waals surface area contributed by atoms with E-state index >= 15 is 0 Å². The number of aliphatic hydroxyl groups excluding tert-OH is 1. The van der Waals surface area contributed by atoms with Gasteiger partial charge >= 0.3 is 0 Å². The van der Waals surface area contributed by atoms with Gasteiger partial charge in [0, 0.05) is 19.4 Å². The van der Waals surface area contributed by atoms with Gasteiger partial charge in [0.2, 0.25) is 5.91 Å². The Morgan fingerprint density at radius 1 is 1.50 bits per heavy atom. The molecule has 0 bridgehead atoms. The standard InChI is InChI=1S/C16H21NO3/c1-2-9-20-10-5-8-15(19)17-16-13-7-4-3-6-12(13)11-14(16)18/h2-4,6-7,14,16,18H,1,5,8-11H2,(H,17,19)/t14-,16+/m1/s1. The summed E-state index contributed by atoms with van der Waals surface area (Å²) < 4.78 is 5.23. The van der Waals surface area contributed by atoms with E-state index < -0.39 is 6.10 Å². The molecule has 0 aliphatic heterocycles. The van der Waals surface area contributed by atoms with Crippen LogP contribution in [-0.2, 0) is 16.0 Å². The minimum Gasteiger partial charge on any atom is -0.390 e. The second-order valence-corrected chi connectivity index (χ2v) is 4.98. The highest BCUT2D eigenvalue weighted by Gasteiger charge is 2.31. The normalized spacial score (nSPS) is 20.4. The number of hydrogen-bond acceptors (Lipinski definition) is 3. The number of fused-ring (bicyclic) bond motifs is 1. The zero-order chi connectivity index (χ0) is 14.4. The quantitative estimate of drug-likeness (QED) is 0.588. The topological polar surface area (TPSA) is 58.6 Å². The second-order valence-electron chi connectivity index (χ2n) is 4.98. The fourth-order valence-electron chi connectivity index (χ4n) is 2.49. The van der Waals surface area contributed by atoms with Gasteiger partial charge in [-0.1, -0.05) is 30.3 Å². The average Bonchev–Trinajstić information content (AvgIpc) is 2.75. The van der Waals surface area contributed by atoms with Gasteiger partial charge in [0.15, 0.2) is 0 Å². The van der Waals surface area contributed by atoms with Gasteiger partial charge in [-0.3, -0.25) is 4.79 Å². The third kappa shape index (κ3) is 3.68. The summed E-state index contributed by atoms with van der Waals surface area (Å²) >= 11 is 0. The molecule has 2 N–H and O–H groups in total. The molecule has 0 unspecified atom stereocenters. The predicted octanol–water partition coefficient (Wildman–Crippen LogP) is 1.74. The molecule has 0 fully saturated rings. The SMILES string of the molecule is C=CCOCCCC(=O)N[C@H]1c2ccccc2C[C@H]1O. The van der Waals surface area contributed by atoms with Crippen LogP contribution in [0.4, 0.5) is 0 Å². The van der Waals surface area contributed by atoms with Crippen molar-refractivity contribution in [2.45, 2.75) is 31.4 Å². The fraction of sp³-hybridized carbons (Fsp3) is 0.438. The monoisotopic (exact) mass is 275 g/mol. The summed E-state index contributed by atoms with van der Waals surface area (Å²) in [5, 5.41) is 13.0. The smallest absolute Gasteiger partial charge is 0.220 e. The van der Waals surface area contributed by atoms with Gasteiger partial charge in [-0.2, -0.15) is 0 Å². The summed E-state index contributed by atoms with van der Waals surface area (Å²) in [6.07, 6.45) is 2.83. The van der Waals surface area contributed by atoms with Crippen LogP contribution in [0.15, 0.2) is 36.9 Å². The summed E-state index contributed by atoms with van der Waals surface area (Å²) in [6.45, 7) is 4.61. The maximum absolute atomic E-state index is 11.9. The lowest BCUT2D eigenvalue weighted by Crippen LogP contribution is -2.33. The third-order valence-corrected chi connectivity index (χ3v) is 3.45. The van der Waals surface area contributed by atoms with Crippen molar-refractivity contribution in [1.29, 1.82) is 0 Å². The number of rotatable bonds is 7. The summed E-state index contributed by atoms with van der Waals surface area (Å²) in [5.74, 6) is -0.0482. The van der Waals surface area contributed by atoms with Crippen molar-refractivity contribution in [1.82, 2.24) is 5.32 Å². The first kappa shape index (κ1) is 14.8. The molecule has 0 radical (unpaired) electrons. The van der Waals surface area contributed by atoms with E-state index in [9.17, 15) is 9.90 Å². The molecule has 1 amide bonds.